The van der Waals surface area contributed by atoms with E-state index in [2.05, 4.69) is 28.9 Å². The van der Waals surface area contributed by atoms with E-state index in [-0.39, 0.29) is 46.4 Å². The van der Waals surface area contributed by atoms with E-state index in [0.29, 0.717) is 53.2 Å². The zero-order chi connectivity index (χ0) is 35.9. The lowest BCUT2D eigenvalue weighted by Crippen LogP contribution is -2.34. The number of nitriles is 1. The number of alkyl carbamates (subject to hydrolysis) is 1. The average Bonchev–Trinajstić information content (AvgIpc) is 3.66. The first-order valence-corrected chi connectivity index (χ1v) is 18.3. The van der Waals surface area contributed by atoms with E-state index >= 15 is 4.39 Å². The van der Waals surface area contributed by atoms with Gasteiger partial charge in [-0.25, -0.2) is 14.2 Å². The molecule has 0 bridgehead atoms. The molecule has 0 radical (unpaired) electrons. The van der Waals surface area contributed by atoms with E-state index < -0.39 is 17.5 Å². The van der Waals surface area contributed by atoms with Crippen molar-refractivity contribution in [3.05, 3.63) is 63.1 Å². The summed E-state index contributed by atoms with van der Waals surface area (Å²) >= 11 is 13.1. The molecule has 2 unspecified atom stereocenters. The van der Waals surface area contributed by atoms with E-state index in [9.17, 15) is 14.9 Å². The van der Waals surface area contributed by atoms with Crippen LogP contribution in [-0.2, 0) is 16.0 Å². The minimum atomic E-state index is -0.622. The molecule has 8 nitrogen and oxygen atoms in total. The molecule has 50 heavy (non-hydrogen) atoms. The standard InChI is InChI=1S/C39H44Cl2FN5O3/c1-6-25(16-18-44-38(49)50-39(3,4)5)47-31(30-13-9-19-46(30)37(48)23-14-15-23)21-27-22(2)45-35-28(36(27)47)20-24(10-8-17-43)32(34(35)42)26-11-7-12-29(40)33(26)41/h7,11-12,20-21,23,25,30H,6,8-10,13-16,18-19H2,1-5H3,(H,44,49). The summed E-state index contributed by atoms with van der Waals surface area (Å²) < 4.78 is 24.9. The van der Waals surface area contributed by atoms with E-state index in [1.807, 2.05) is 38.7 Å². The monoisotopic (exact) mass is 719 g/mol. The molecule has 1 saturated carbocycles. The highest BCUT2D eigenvalue weighted by Gasteiger charge is 2.40. The number of aryl methyl sites for hydroxylation is 2. The number of fused-ring (bicyclic) bond motifs is 3. The number of hydrogen-bond acceptors (Lipinski definition) is 5. The second kappa shape index (κ2) is 14.4. The van der Waals surface area contributed by atoms with Gasteiger partial charge in [-0.05, 0) is 96.4 Å². The Morgan fingerprint density at radius 3 is 2.62 bits per heavy atom. The Labute approximate surface area is 302 Å². The van der Waals surface area contributed by atoms with Crippen molar-refractivity contribution >= 4 is 57.0 Å². The van der Waals surface area contributed by atoms with Crippen LogP contribution in [0.15, 0.2) is 30.3 Å². The number of likely N-dealkylation sites (tertiary alicyclic amines) is 1. The van der Waals surface area contributed by atoms with Gasteiger partial charge in [-0.1, -0.05) is 42.3 Å². The summed E-state index contributed by atoms with van der Waals surface area (Å²) in [4.78, 5) is 33.0. The van der Waals surface area contributed by atoms with Crippen molar-refractivity contribution in [2.24, 2.45) is 5.92 Å². The van der Waals surface area contributed by atoms with Crippen LogP contribution in [0.2, 0.25) is 10.0 Å². The van der Waals surface area contributed by atoms with Crippen LogP contribution in [-0.4, -0.2) is 45.1 Å². The fourth-order valence-electron chi connectivity index (χ4n) is 7.40. The van der Waals surface area contributed by atoms with Crippen LogP contribution in [0.1, 0.15) is 102 Å². The Balaban J connectivity index is 1.57. The maximum Gasteiger partial charge on any atom is 0.407 e. The van der Waals surface area contributed by atoms with Crippen molar-refractivity contribution in [3.63, 3.8) is 0 Å². The van der Waals surface area contributed by atoms with Gasteiger partial charge in [0.15, 0.2) is 5.82 Å². The van der Waals surface area contributed by atoms with Gasteiger partial charge in [0.1, 0.15) is 11.1 Å². The lowest BCUT2D eigenvalue weighted by atomic mass is 9.93. The number of nitrogens with zero attached hydrogens (tertiary/aromatic N) is 4. The third-order valence-electron chi connectivity index (χ3n) is 9.83. The van der Waals surface area contributed by atoms with Crippen molar-refractivity contribution in [2.75, 3.05) is 13.1 Å². The summed E-state index contributed by atoms with van der Waals surface area (Å²) in [7, 11) is 0. The maximum absolute atomic E-state index is 17.1. The second-order valence-corrected chi connectivity index (χ2v) is 15.3. The third kappa shape index (κ3) is 7.02. The molecule has 3 heterocycles. The highest BCUT2D eigenvalue weighted by Crippen LogP contribution is 2.46. The smallest absolute Gasteiger partial charge is 0.407 e. The normalized spacial score (nSPS) is 16.9. The van der Waals surface area contributed by atoms with E-state index in [4.69, 9.17) is 32.9 Å². The van der Waals surface area contributed by atoms with Crippen LogP contribution in [0.25, 0.3) is 32.9 Å². The Bertz CT molecular complexity index is 2010. The molecular formula is C39H44Cl2FN5O3. The molecule has 2 aromatic carbocycles. The Morgan fingerprint density at radius 2 is 1.94 bits per heavy atom. The topological polar surface area (TPSA) is 100 Å². The number of hydrogen-bond donors (Lipinski definition) is 1. The van der Waals surface area contributed by atoms with Crippen molar-refractivity contribution in [2.45, 2.75) is 104 Å². The van der Waals surface area contributed by atoms with Crippen molar-refractivity contribution in [1.29, 1.82) is 5.26 Å². The number of rotatable bonds is 10. The molecule has 11 heteroatoms. The van der Waals surface area contributed by atoms with Gasteiger partial charge in [0.25, 0.3) is 0 Å². The summed E-state index contributed by atoms with van der Waals surface area (Å²) in [6, 6.07) is 11.2. The number of nitrogens with one attached hydrogen (secondary N) is 1. The lowest BCUT2D eigenvalue weighted by Gasteiger charge is -2.30. The number of ether oxygens (including phenoxy) is 1. The van der Waals surface area contributed by atoms with Crippen LogP contribution < -0.4 is 5.32 Å². The van der Waals surface area contributed by atoms with Gasteiger partial charge in [-0.3, -0.25) is 4.79 Å². The van der Waals surface area contributed by atoms with Crippen LogP contribution in [0.5, 0.6) is 0 Å². The van der Waals surface area contributed by atoms with Gasteiger partial charge in [-0.2, -0.15) is 5.26 Å². The molecule has 1 aliphatic heterocycles. The van der Waals surface area contributed by atoms with Gasteiger partial charge in [0, 0.05) is 64.8 Å². The molecule has 264 valence electrons. The molecule has 1 aliphatic carbocycles. The lowest BCUT2D eigenvalue weighted by molar-refractivity contribution is -0.133. The first kappa shape index (κ1) is 35.9. The summed E-state index contributed by atoms with van der Waals surface area (Å²) in [6.07, 6.45) is 4.88. The van der Waals surface area contributed by atoms with Gasteiger partial charge in [0.05, 0.1) is 27.7 Å². The second-order valence-electron chi connectivity index (χ2n) is 14.5. The largest absolute Gasteiger partial charge is 0.444 e. The quantitative estimate of drug-likeness (QED) is 0.176. The van der Waals surface area contributed by atoms with Crippen molar-refractivity contribution in [3.8, 4) is 17.2 Å². The first-order chi connectivity index (χ1) is 23.8. The molecular weight excluding hydrogens is 676 g/mol. The minimum absolute atomic E-state index is 0.0891. The van der Waals surface area contributed by atoms with Crippen molar-refractivity contribution < 1.29 is 18.7 Å². The van der Waals surface area contributed by atoms with Gasteiger partial charge in [0.2, 0.25) is 5.91 Å². The molecule has 2 aliphatic rings. The molecule has 2 amide bonds. The maximum atomic E-state index is 17.1. The molecule has 1 saturated heterocycles. The highest BCUT2D eigenvalue weighted by molar-refractivity contribution is 6.43. The van der Waals surface area contributed by atoms with E-state index in [1.165, 1.54) is 0 Å². The number of halogens is 3. The Kier molecular flexibility index (Phi) is 10.3. The Hall–Kier alpha value is -3.87. The predicted octanol–water partition coefficient (Wildman–Crippen LogP) is 10.0. The number of carbonyl (C=O) groups is 2. The van der Waals surface area contributed by atoms with Crippen molar-refractivity contribution in [1.82, 2.24) is 19.8 Å². The van der Waals surface area contributed by atoms with E-state index in [1.54, 1.807) is 18.2 Å². The molecule has 2 fully saturated rings. The predicted molar refractivity (Wildman–Crippen MR) is 196 cm³/mol. The fourth-order valence-corrected chi connectivity index (χ4v) is 7.80. The molecule has 4 aromatic rings. The first-order valence-electron chi connectivity index (χ1n) is 17.6. The van der Waals surface area contributed by atoms with Crippen LogP contribution in [0, 0.1) is 30.0 Å². The zero-order valence-electron chi connectivity index (χ0n) is 29.3. The minimum Gasteiger partial charge on any atom is -0.444 e. The van der Waals surface area contributed by atoms with Crippen LogP contribution in [0.4, 0.5) is 9.18 Å². The molecule has 2 aromatic heterocycles. The Morgan fingerprint density at radius 1 is 1.18 bits per heavy atom. The third-order valence-corrected chi connectivity index (χ3v) is 10.6. The number of pyridine rings is 1. The average molecular weight is 721 g/mol. The molecule has 2 atom stereocenters. The summed E-state index contributed by atoms with van der Waals surface area (Å²) in [5, 5.41) is 14.5. The molecule has 0 spiro atoms. The number of amides is 2. The van der Waals surface area contributed by atoms with Gasteiger partial charge >= 0.3 is 6.09 Å². The van der Waals surface area contributed by atoms with Gasteiger partial charge < -0.3 is 19.5 Å². The highest BCUT2D eigenvalue weighted by atomic mass is 35.5. The number of benzene rings is 2. The number of carbonyl (C=O) groups excluding carboxylic acids is 2. The van der Waals surface area contributed by atoms with Crippen LogP contribution >= 0.6 is 23.2 Å². The SMILES string of the molecule is CCC(CCNC(=O)OC(C)(C)C)n1c(C2CCCN2C(=O)C2CC2)cc2c(C)nc3c(F)c(-c4cccc(Cl)c4Cl)c(CCC#N)cc3c21. The van der Waals surface area contributed by atoms with Gasteiger partial charge in [-0.15, -0.1) is 0 Å². The summed E-state index contributed by atoms with van der Waals surface area (Å²) in [5.41, 5.74) is 3.44. The fraction of sp³-hybridized carbons (Fsp3) is 0.487. The van der Waals surface area contributed by atoms with Crippen LogP contribution in [0.3, 0.4) is 0 Å². The zero-order valence-corrected chi connectivity index (χ0v) is 30.8. The summed E-state index contributed by atoms with van der Waals surface area (Å²) in [6.45, 7) is 10.5. The van der Waals surface area contributed by atoms with E-state index in [0.717, 1.165) is 48.7 Å². The number of aromatic nitrogens is 2. The summed E-state index contributed by atoms with van der Waals surface area (Å²) in [5.74, 6) is -0.229. The molecule has 6 rings (SSSR count). The molecule has 1 N–H and O–H groups in total.